The van der Waals surface area contributed by atoms with Crippen LogP contribution in [-0.4, -0.2) is 70.9 Å². The van der Waals surface area contributed by atoms with E-state index in [9.17, 15) is 0 Å². The van der Waals surface area contributed by atoms with E-state index in [0.717, 1.165) is 6.42 Å². The summed E-state index contributed by atoms with van der Waals surface area (Å²) in [6, 6.07) is 0. The monoisotopic (exact) mass is 160 g/mol. The fourth-order valence-corrected chi connectivity index (χ4v) is 0.455. The summed E-state index contributed by atoms with van der Waals surface area (Å²) in [6.45, 7) is 0. The van der Waals surface area contributed by atoms with Crippen LogP contribution >= 0.6 is 23.2 Å². The predicted octanol–water partition coefficient (Wildman–Crippen LogP) is 0.557. The third-order valence-electron chi connectivity index (χ3n) is 0.267. The van der Waals surface area contributed by atoms with Crippen molar-refractivity contribution >= 4 is 82.3 Å². The van der Waals surface area contributed by atoms with Crippen LogP contribution in [0.4, 0.5) is 0 Å². The van der Waals surface area contributed by atoms with E-state index in [-0.39, 0.29) is 59.1 Å². The van der Waals surface area contributed by atoms with Crippen molar-refractivity contribution in [1.82, 2.24) is 0 Å². The van der Waals surface area contributed by atoms with Crippen LogP contribution in [0.15, 0.2) is 0 Å². The quantitative estimate of drug-likeness (QED) is 0.410. The minimum absolute atomic E-state index is 0. The Hall–Kier alpha value is 2.58. The molecule has 0 saturated heterocycles. The minimum atomic E-state index is 0. The first kappa shape index (κ1) is 16.3. The maximum atomic E-state index is 5.22. The molecule has 0 aromatic heterocycles. The van der Waals surface area contributed by atoms with E-state index < -0.39 is 0 Å². The molecule has 0 atom stereocenters. The van der Waals surface area contributed by atoms with Gasteiger partial charge in [-0.05, 0) is 6.42 Å². The van der Waals surface area contributed by atoms with Gasteiger partial charge in [0.1, 0.15) is 0 Å². The van der Waals surface area contributed by atoms with Gasteiger partial charge in [-0.25, -0.2) is 0 Å². The first-order valence-electron chi connectivity index (χ1n) is 1.53. The Morgan fingerprint density at radius 1 is 0.857 bits per heavy atom. The van der Waals surface area contributed by atoms with Gasteiger partial charge in [0.2, 0.25) is 0 Å². The fraction of sp³-hybridized carbons (Fsp3) is 1.00. The first-order valence-corrected chi connectivity index (χ1v) is 2.60. The molecule has 0 fully saturated rings. The second-order valence-electron chi connectivity index (χ2n) is 0.732. The van der Waals surface area contributed by atoms with Crippen LogP contribution in [0.25, 0.3) is 0 Å². The second-order valence-corrected chi connectivity index (χ2v) is 1.49. The van der Waals surface area contributed by atoms with Gasteiger partial charge in [-0.15, -0.1) is 23.2 Å². The van der Waals surface area contributed by atoms with E-state index in [1.807, 2.05) is 0 Å². The zero-order valence-electron chi connectivity index (χ0n) is 2.88. The summed E-state index contributed by atoms with van der Waals surface area (Å²) in [7, 11) is 0. The Morgan fingerprint density at radius 2 is 1.14 bits per heavy atom. The average Bonchev–Trinajstić information content (AvgIpc) is 1.41. The summed E-state index contributed by atoms with van der Waals surface area (Å²) in [5, 5.41) is 0. The Bertz CT molecular complexity index is 18.4. The average molecular weight is 161 g/mol. The van der Waals surface area contributed by atoms with Gasteiger partial charge in [0.05, 0.1) is 0 Å². The van der Waals surface area contributed by atoms with Crippen LogP contribution < -0.4 is 0 Å². The summed E-state index contributed by atoms with van der Waals surface area (Å²) in [5.41, 5.74) is 0. The van der Waals surface area contributed by atoms with E-state index in [1.165, 1.54) is 0 Å². The topological polar surface area (TPSA) is 0 Å². The summed E-state index contributed by atoms with van der Waals surface area (Å²) in [6.07, 6.45) is 0.920. The molecule has 0 heterocycles. The molecule has 0 rings (SSSR count). The normalized spacial score (nSPS) is 6.00. The van der Waals surface area contributed by atoms with Gasteiger partial charge < -0.3 is 0 Å². The molecule has 4 heteroatoms. The van der Waals surface area contributed by atoms with Crippen LogP contribution in [0.5, 0.6) is 0 Å². The van der Waals surface area contributed by atoms with Crippen molar-refractivity contribution in [2.45, 2.75) is 6.42 Å². The molecule has 0 aliphatic heterocycles. The number of hydrogen-bond donors (Lipinski definition) is 0. The zero-order valence-corrected chi connectivity index (χ0v) is 4.39. The molecule has 7 heavy (non-hydrogen) atoms. The third-order valence-corrected chi connectivity index (χ3v) is 0.802. The van der Waals surface area contributed by atoms with E-state index >= 15 is 0 Å². The molecule has 0 amide bonds. The van der Waals surface area contributed by atoms with Crippen molar-refractivity contribution in [2.24, 2.45) is 0 Å². The molecule has 0 nitrogen and oxygen atoms in total. The van der Waals surface area contributed by atoms with Crippen molar-refractivity contribution < 1.29 is 0 Å². The number of alkyl halides is 2. The summed E-state index contributed by atoms with van der Waals surface area (Å²) in [5.74, 6) is 1.37. The summed E-state index contributed by atoms with van der Waals surface area (Å²) in [4.78, 5) is 0. The summed E-state index contributed by atoms with van der Waals surface area (Å²) >= 11 is 10.4. The number of hydrogen-bond acceptors (Lipinski definition) is 0. The predicted molar refractivity (Wildman–Crippen MR) is 40.4 cm³/mol. The first-order chi connectivity index (χ1) is 2.41. The molecule has 0 aliphatic rings. The Labute approximate surface area is 98.9 Å². The van der Waals surface area contributed by atoms with Gasteiger partial charge in [-0.1, -0.05) is 0 Å². The maximum absolute atomic E-state index is 5.22. The fourth-order valence-electron chi connectivity index (χ4n) is 0.0505. The van der Waals surface area contributed by atoms with Crippen LogP contribution in [0.2, 0.25) is 0 Å². The molecule has 0 aromatic rings. The van der Waals surface area contributed by atoms with Gasteiger partial charge in [-0.3, -0.25) is 0 Å². The molecule has 0 bridgehead atoms. The van der Waals surface area contributed by atoms with Gasteiger partial charge >= 0.3 is 59.1 Å². The number of halogens is 2. The Kier molecular flexibility index (Phi) is 36.8. The van der Waals surface area contributed by atoms with Crippen molar-refractivity contribution in [3.05, 3.63) is 0 Å². The molecule has 0 N–H and O–H groups in total. The Morgan fingerprint density at radius 3 is 1.14 bits per heavy atom. The number of rotatable bonds is 2. The molecule has 0 spiro atoms. The molecular weight excluding hydrogens is 153 g/mol. The van der Waals surface area contributed by atoms with Crippen LogP contribution in [0.1, 0.15) is 6.42 Å². The van der Waals surface area contributed by atoms with Crippen LogP contribution in [-0.2, 0) is 0 Å². The Balaban J connectivity index is -0.0000000800. The second kappa shape index (κ2) is 15.8. The molecule has 0 radical (unpaired) electrons. The van der Waals surface area contributed by atoms with Crippen molar-refractivity contribution in [3.8, 4) is 0 Å². The van der Waals surface area contributed by atoms with E-state index in [0.29, 0.717) is 11.8 Å². The zero-order chi connectivity index (χ0) is 4.12. The molecule has 0 aromatic carbocycles. The SMILES string of the molecule is ClCCCCl.[NaH].[NaH]. The molecule has 0 aliphatic carbocycles. The molecule has 36 valence electrons. The molecule has 0 saturated carbocycles. The van der Waals surface area contributed by atoms with E-state index in [4.69, 9.17) is 23.2 Å². The van der Waals surface area contributed by atoms with Gasteiger partial charge in [0.25, 0.3) is 0 Å². The van der Waals surface area contributed by atoms with Crippen molar-refractivity contribution in [1.29, 1.82) is 0 Å². The molecular formula is C3H8Cl2Na2. The van der Waals surface area contributed by atoms with Gasteiger partial charge in [-0.2, -0.15) is 0 Å². The van der Waals surface area contributed by atoms with E-state index in [2.05, 4.69) is 0 Å². The van der Waals surface area contributed by atoms with Crippen molar-refractivity contribution in [3.63, 3.8) is 0 Å². The van der Waals surface area contributed by atoms with Gasteiger partial charge in [0, 0.05) is 11.8 Å². The molecule has 0 unspecified atom stereocenters. The van der Waals surface area contributed by atoms with E-state index in [1.54, 1.807) is 0 Å². The summed E-state index contributed by atoms with van der Waals surface area (Å²) < 4.78 is 0. The van der Waals surface area contributed by atoms with Crippen LogP contribution in [0, 0.1) is 0 Å². The van der Waals surface area contributed by atoms with Crippen molar-refractivity contribution in [2.75, 3.05) is 11.8 Å². The standard InChI is InChI=1S/C3H6Cl2.2Na.2H/c4-2-1-3-5;;;;/h1-3H2;;;;. The van der Waals surface area contributed by atoms with Crippen LogP contribution in [0.3, 0.4) is 0 Å². The third kappa shape index (κ3) is 17.7. The van der Waals surface area contributed by atoms with Gasteiger partial charge in [0.15, 0.2) is 0 Å².